The average molecular weight is 358 g/mol. The molecule has 1 fully saturated rings. The van der Waals surface area contributed by atoms with Crippen molar-refractivity contribution in [1.29, 1.82) is 0 Å². The first kappa shape index (κ1) is 18.2. The molecule has 0 radical (unpaired) electrons. The minimum absolute atomic E-state index is 0.250. The average Bonchev–Trinajstić information content (AvgIpc) is 3.07. The standard InChI is InChI=1S/C19H26N4O3/c1-19(2,3)26-18(24)23-10-9-13(11-23)12-25-17-16(20-4)21-14-7-5-6-8-15(14)22-17/h5-8,13H,9-12H2,1-4H3,(H,20,21)/t13-/m0/s1. The van der Waals surface area contributed by atoms with Gasteiger partial charge in [-0.1, -0.05) is 12.1 Å². The number of benzene rings is 1. The van der Waals surface area contributed by atoms with Gasteiger partial charge in [0.25, 0.3) is 5.88 Å². The summed E-state index contributed by atoms with van der Waals surface area (Å²) in [6, 6.07) is 7.69. The molecule has 7 nitrogen and oxygen atoms in total. The van der Waals surface area contributed by atoms with E-state index in [4.69, 9.17) is 9.47 Å². The van der Waals surface area contributed by atoms with Gasteiger partial charge in [-0.15, -0.1) is 0 Å². The summed E-state index contributed by atoms with van der Waals surface area (Å²) in [5.41, 5.74) is 1.14. The Labute approximate surface area is 153 Å². The van der Waals surface area contributed by atoms with Crippen LogP contribution in [-0.4, -0.2) is 53.3 Å². The Kier molecular flexibility index (Phi) is 5.15. The highest BCUT2D eigenvalue weighted by Gasteiger charge is 2.30. The molecule has 0 spiro atoms. The molecular weight excluding hydrogens is 332 g/mol. The summed E-state index contributed by atoms with van der Waals surface area (Å²) in [6.45, 7) is 7.43. The number of aromatic nitrogens is 2. The number of anilines is 1. The fourth-order valence-electron chi connectivity index (χ4n) is 2.91. The van der Waals surface area contributed by atoms with Crippen molar-refractivity contribution in [2.45, 2.75) is 32.8 Å². The first-order chi connectivity index (χ1) is 12.4. The van der Waals surface area contributed by atoms with Gasteiger partial charge in [-0.3, -0.25) is 0 Å². The lowest BCUT2D eigenvalue weighted by Crippen LogP contribution is -2.35. The zero-order chi connectivity index (χ0) is 18.7. The van der Waals surface area contributed by atoms with Crippen LogP contribution in [0.3, 0.4) is 0 Å². The van der Waals surface area contributed by atoms with Gasteiger partial charge < -0.3 is 19.7 Å². The maximum Gasteiger partial charge on any atom is 0.410 e. The second-order valence-electron chi connectivity index (χ2n) is 7.51. The van der Waals surface area contributed by atoms with Crippen LogP contribution in [0.5, 0.6) is 5.88 Å². The van der Waals surface area contributed by atoms with Gasteiger partial charge in [0.05, 0.1) is 17.6 Å². The summed E-state index contributed by atoms with van der Waals surface area (Å²) in [6.07, 6.45) is 0.621. The van der Waals surface area contributed by atoms with Crippen LogP contribution in [0.2, 0.25) is 0 Å². The number of carbonyl (C=O) groups excluding carboxylic acids is 1. The van der Waals surface area contributed by atoms with Crippen LogP contribution in [0.15, 0.2) is 24.3 Å². The number of para-hydroxylation sites is 2. The monoisotopic (exact) mass is 358 g/mol. The molecule has 2 heterocycles. The van der Waals surface area contributed by atoms with Crippen molar-refractivity contribution in [3.8, 4) is 5.88 Å². The predicted octanol–water partition coefficient (Wildman–Crippen LogP) is 3.31. The molecular formula is C19H26N4O3. The first-order valence-corrected chi connectivity index (χ1v) is 8.91. The molecule has 140 valence electrons. The highest BCUT2D eigenvalue weighted by atomic mass is 16.6. The SMILES string of the molecule is CNc1nc2ccccc2nc1OC[C@H]1CCN(C(=O)OC(C)(C)C)C1. The second kappa shape index (κ2) is 7.35. The fraction of sp³-hybridized carbons (Fsp3) is 0.526. The van der Waals surface area contributed by atoms with Gasteiger partial charge in [0.2, 0.25) is 0 Å². The summed E-state index contributed by atoms with van der Waals surface area (Å²) in [5.74, 6) is 1.35. The lowest BCUT2D eigenvalue weighted by atomic mass is 10.1. The maximum atomic E-state index is 12.2. The molecule has 0 aliphatic carbocycles. The minimum atomic E-state index is -0.478. The van der Waals surface area contributed by atoms with E-state index in [1.165, 1.54) is 0 Å². The van der Waals surface area contributed by atoms with Crippen molar-refractivity contribution in [3.05, 3.63) is 24.3 Å². The summed E-state index contributed by atoms with van der Waals surface area (Å²) in [4.78, 5) is 23.0. The third-order valence-electron chi connectivity index (χ3n) is 4.17. The third-order valence-corrected chi connectivity index (χ3v) is 4.17. The molecule has 26 heavy (non-hydrogen) atoms. The van der Waals surface area contributed by atoms with Crippen molar-refractivity contribution in [3.63, 3.8) is 0 Å². The Balaban J connectivity index is 1.61. The molecule has 1 aliphatic heterocycles. The van der Waals surface area contributed by atoms with Crippen LogP contribution < -0.4 is 10.1 Å². The van der Waals surface area contributed by atoms with Crippen LogP contribution in [0.1, 0.15) is 27.2 Å². The number of likely N-dealkylation sites (tertiary alicyclic amines) is 1. The molecule has 1 N–H and O–H groups in total. The van der Waals surface area contributed by atoms with Crippen LogP contribution in [0.4, 0.5) is 10.6 Å². The number of nitrogens with zero attached hydrogens (tertiary/aromatic N) is 3. The summed E-state index contributed by atoms with van der Waals surface area (Å²) < 4.78 is 11.4. The van der Waals surface area contributed by atoms with E-state index in [1.807, 2.05) is 45.0 Å². The van der Waals surface area contributed by atoms with Crippen molar-refractivity contribution in [1.82, 2.24) is 14.9 Å². The molecule has 1 aromatic carbocycles. The van der Waals surface area contributed by atoms with Crippen molar-refractivity contribution in [2.75, 3.05) is 32.1 Å². The van der Waals surface area contributed by atoms with E-state index >= 15 is 0 Å². The molecule has 3 rings (SSSR count). The fourth-order valence-corrected chi connectivity index (χ4v) is 2.91. The Morgan fingerprint density at radius 1 is 1.27 bits per heavy atom. The Bertz CT molecular complexity index is 788. The molecule has 1 aliphatic rings. The number of carbonyl (C=O) groups is 1. The Morgan fingerprint density at radius 2 is 1.96 bits per heavy atom. The molecule has 1 saturated heterocycles. The number of rotatable bonds is 4. The quantitative estimate of drug-likeness (QED) is 0.904. The largest absolute Gasteiger partial charge is 0.475 e. The molecule has 0 unspecified atom stereocenters. The number of ether oxygens (including phenoxy) is 2. The molecule has 7 heteroatoms. The molecule has 0 saturated carbocycles. The van der Waals surface area contributed by atoms with Gasteiger partial charge in [-0.2, -0.15) is 0 Å². The van der Waals surface area contributed by atoms with Crippen LogP contribution in [0, 0.1) is 5.92 Å². The van der Waals surface area contributed by atoms with Crippen molar-refractivity contribution in [2.24, 2.45) is 5.92 Å². The summed E-state index contributed by atoms with van der Waals surface area (Å²) >= 11 is 0. The molecule has 0 bridgehead atoms. The minimum Gasteiger partial charge on any atom is -0.475 e. The van der Waals surface area contributed by atoms with Gasteiger partial charge in [0.1, 0.15) is 5.60 Å². The van der Waals surface area contributed by atoms with E-state index in [0.717, 1.165) is 17.5 Å². The van der Waals surface area contributed by atoms with Gasteiger partial charge in [-0.25, -0.2) is 14.8 Å². The predicted molar refractivity (Wildman–Crippen MR) is 100 cm³/mol. The van der Waals surface area contributed by atoms with Crippen LogP contribution >= 0.6 is 0 Å². The van der Waals surface area contributed by atoms with E-state index in [-0.39, 0.29) is 12.0 Å². The smallest absolute Gasteiger partial charge is 0.410 e. The van der Waals surface area contributed by atoms with E-state index in [1.54, 1.807) is 11.9 Å². The maximum absolute atomic E-state index is 12.2. The number of fused-ring (bicyclic) bond motifs is 1. The van der Waals surface area contributed by atoms with E-state index in [0.29, 0.717) is 31.4 Å². The zero-order valence-corrected chi connectivity index (χ0v) is 15.8. The zero-order valence-electron chi connectivity index (χ0n) is 15.8. The van der Waals surface area contributed by atoms with Gasteiger partial charge in [0.15, 0.2) is 5.82 Å². The number of hydrogen-bond donors (Lipinski definition) is 1. The van der Waals surface area contributed by atoms with Crippen LogP contribution in [0.25, 0.3) is 11.0 Å². The third kappa shape index (κ3) is 4.33. The highest BCUT2D eigenvalue weighted by molar-refractivity contribution is 5.77. The number of hydrogen-bond acceptors (Lipinski definition) is 6. The number of amides is 1. The molecule has 2 aromatic rings. The van der Waals surface area contributed by atoms with Gasteiger partial charge in [-0.05, 0) is 39.3 Å². The summed E-state index contributed by atoms with van der Waals surface area (Å²) in [7, 11) is 1.80. The number of nitrogens with one attached hydrogen (secondary N) is 1. The van der Waals surface area contributed by atoms with E-state index < -0.39 is 5.60 Å². The van der Waals surface area contributed by atoms with Crippen molar-refractivity contribution >= 4 is 22.9 Å². The van der Waals surface area contributed by atoms with Gasteiger partial charge >= 0.3 is 6.09 Å². The molecule has 1 amide bonds. The summed E-state index contributed by atoms with van der Waals surface area (Å²) in [5, 5.41) is 3.03. The molecule has 1 aromatic heterocycles. The Hall–Kier alpha value is -2.57. The van der Waals surface area contributed by atoms with E-state index in [2.05, 4.69) is 15.3 Å². The second-order valence-corrected chi connectivity index (χ2v) is 7.51. The topological polar surface area (TPSA) is 76.6 Å². The first-order valence-electron chi connectivity index (χ1n) is 8.91. The lowest BCUT2D eigenvalue weighted by molar-refractivity contribution is 0.0284. The normalized spacial score (nSPS) is 17.4. The van der Waals surface area contributed by atoms with Crippen molar-refractivity contribution < 1.29 is 14.3 Å². The van der Waals surface area contributed by atoms with Gasteiger partial charge in [0, 0.05) is 26.1 Å². The van der Waals surface area contributed by atoms with E-state index in [9.17, 15) is 4.79 Å². The Morgan fingerprint density at radius 3 is 2.62 bits per heavy atom. The highest BCUT2D eigenvalue weighted by Crippen LogP contribution is 2.25. The molecule has 1 atom stereocenters. The lowest BCUT2D eigenvalue weighted by Gasteiger charge is -2.24. The van der Waals surface area contributed by atoms with Crippen LogP contribution in [-0.2, 0) is 4.74 Å².